The SMILES string of the molecule is Cc1csc(=O)n1CCC(=O)NC(C)c1cccc(C(F)(F)F)c1. The van der Waals surface area contributed by atoms with Crippen LogP contribution in [-0.4, -0.2) is 10.5 Å². The molecule has 1 aromatic carbocycles. The number of nitrogens with one attached hydrogen (secondary N) is 1. The van der Waals surface area contributed by atoms with Crippen LogP contribution in [0.4, 0.5) is 13.2 Å². The molecule has 0 aliphatic heterocycles. The number of thiazole rings is 1. The third-order valence-corrected chi connectivity index (χ3v) is 4.51. The summed E-state index contributed by atoms with van der Waals surface area (Å²) in [5.41, 5.74) is 0.410. The van der Waals surface area contributed by atoms with Crippen molar-refractivity contribution in [2.45, 2.75) is 39.0 Å². The van der Waals surface area contributed by atoms with E-state index in [0.29, 0.717) is 5.56 Å². The van der Waals surface area contributed by atoms with E-state index in [2.05, 4.69) is 5.32 Å². The average molecular weight is 358 g/mol. The zero-order chi connectivity index (χ0) is 17.9. The lowest BCUT2D eigenvalue weighted by Crippen LogP contribution is -2.28. The maximum Gasteiger partial charge on any atom is 0.416 e. The molecule has 0 radical (unpaired) electrons. The molecule has 1 unspecified atom stereocenters. The van der Waals surface area contributed by atoms with Gasteiger partial charge in [0.25, 0.3) is 0 Å². The zero-order valence-corrected chi connectivity index (χ0v) is 14.0. The van der Waals surface area contributed by atoms with Crippen molar-refractivity contribution in [1.82, 2.24) is 9.88 Å². The van der Waals surface area contributed by atoms with Crippen LogP contribution in [0, 0.1) is 6.92 Å². The topological polar surface area (TPSA) is 51.1 Å². The highest BCUT2D eigenvalue weighted by molar-refractivity contribution is 7.07. The molecule has 1 heterocycles. The van der Waals surface area contributed by atoms with E-state index in [1.165, 1.54) is 16.7 Å². The fourth-order valence-corrected chi connectivity index (χ4v) is 3.03. The third kappa shape index (κ3) is 4.47. The molecule has 0 fully saturated rings. The molecular formula is C16H17F3N2O2S. The van der Waals surface area contributed by atoms with Crippen molar-refractivity contribution >= 4 is 17.2 Å². The number of carbonyl (C=O) groups excluding carboxylic acids is 1. The number of benzene rings is 1. The molecule has 0 aliphatic rings. The summed E-state index contributed by atoms with van der Waals surface area (Å²) in [6.07, 6.45) is -4.34. The highest BCUT2D eigenvalue weighted by Gasteiger charge is 2.30. The van der Waals surface area contributed by atoms with Crippen LogP contribution >= 0.6 is 11.3 Å². The zero-order valence-electron chi connectivity index (χ0n) is 13.2. The van der Waals surface area contributed by atoms with Crippen LogP contribution in [0.5, 0.6) is 0 Å². The maximum atomic E-state index is 12.7. The number of halogens is 3. The predicted molar refractivity (Wildman–Crippen MR) is 85.9 cm³/mol. The molecule has 1 atom stereocenters. The van der Waals surface area contributed by atoms with Crippen LogP contribution in [0.25, 0.3) is 0 Å². The van der Waals surface area contributed by atoms with E-state index in [1.54, 1.807) is 19.2 Å². The summed E-state index contributed by atoms with van der Waals surface area (Å²) in [6, 6.07) is 4.31. The summed E-state index contributed by atoms with van der Waals surface area (Å²) in [4.78, 5) is 23.4. The van der Waals surface area contributed by atoms with E-state index in [0.717, 1.165) is 29.2 Å². The van der Waals surface area contributed by atoms with Crippen molar-refractivity contribution in [3.05, 3.63) is 56.1 Å². The molecule has 2 aromatic rings. The Balaban J connectivity index is 1.98. The van der Waals surface area contributed by atoms with Gasteiger partial charge in [-0.1, -0.05) is 23.5 Å². The molecule has 0 spiro atoms. The number of nitrogens with zero attached hydrogens (tertiary/aromatic N) is 1. The summed E-state index contributed by atoms with van der Waals surface area (Å²) in [7, 11) is 0. The minimum Gasteiger partial charge on any atom is -0.350 e. The molecule has 130 valence electrons. The van der Waals surface area contributed by atoms with Gasteiger partial charge in [0.15, 0.2) is 0 Å². The molecule has 0 saturated heterocycles. The Morgan fingerprint density at radius 3 is 2.67 bits per heavy atom. The highest BCUT2D eigenvalue weighted by Crippen LogP contribution is 2.30. The Morgan fingerprint density at radius 1 is 1.38 bits per heavy atom. The molecule has 1 N–H and O–H groups in total. The Hall–Kier alpha value is -2.09. The number of alkyl halides is 3. The standard InChI is InChI=1S/C16H17F3N2O2S/c1-10-9-24-15(23)21(10)7-6-14(22)20-11(2)12-4-3-5-13(8-12)16(17,18)19/h3-5,8-9,11H,6-7H2,1-2H3,(H,20,22). The quantitative estimate of drug-likeness (QED) is 0.889. The van der Waals surface area contributed by atoms with Gasteiger partial charge < -0.3 is 9.88 Å². The van der Waals surface area contributed by atoms with E-state index in [4.69, 9.17) is 0 Å². The van der Waals surface area contributed by atoms with E-state index in [9.17, 15) is 22.8 Å². The van der Waals surface area contributed by atoms with Gasteiger partial charge in [0.2, 0.25) is 5.91 Å². The number of carbonyl (C=O) groups is 1. The third-order valence-electron chi connectivity index (χ3n) is 3.63. The van der Waals surface area contributed by atoms with Gasteiger partial charge in [-0.15, -0.1) is 0 Å². The van der Waals surface area contributed by atoms with Gasteiger partial charge >= 0.3 is 11.0 Å². The lowest BCUT2D eigenvalue weighted by molar-refractivity contribution is -0.137. The van der Waals surface area contributed by atoms with E-state index in [-0.39, 0.29) is 23.7 Å². The van der Waals surface area contributed by atoms with Gasteiger partial charge in [0.05, 0.1) is 11.6 Å². The van der Waals surface area contributed by atoms with Crippen molar-refractivity contribution < 1.29 is 18.0 Å². The first-order valence-corrected chi connectivity index (χ1v) is 8.18. The van der Waals surface area contributed by atoms with Crippen molar-refractivity contribution in [3.8, 4) is 0 Å². The molecule has 0 saturated carbocycles. The monoisotopic (exact) mass is 358 g/mol. The van der Waals surface area contributed by atoms with Crippen molar-refractivity contribution in [2.24, 2.45) is 0 Å². The number of hydrogen-bond acceptors (Lipinski definition) is 3. The Kier molecular flexibility index (Phi) is 5.48. The highest BCUT2D eigenvalue weighted by atomic mass is 32.1. The molecule has 1 aromatic heterocycles. The lowest BCUT2D eigenvalue weighted by Gasteiger charge is -2.16. The molecular weight excluding hydrogens is 341 g/mol. The van der Waals surface area contributed by atoms with Gasteiger partial charge in [0.1, 0.15) is 0 Å². The van der Waals surface area contributed by atoms with Crippen LogP contribution < -0.4 is 10.2 Å². The lowest BCUT2D eigenvalue weighted by atomic mass is 10.0. The van der Waals surface area contributed by atoms with Crippen molar-refractivity contribution in [2.75, 3.05) is 0 Å². The first-order valence-electron chi connectivity index (χ1n) is 7.30. The first kappa shape index (κ1) is 18.3. The number of amides is 1. The summed E-state index contributed by atoms with van der Waals surface area (Å²) in [5.74, 6) is -0.322. The number of rotatable bonds is 5. The summed E-state index contributed by atoms with van der Waals surface area (Å²) in [5, 5.41) is 4.37. The van der Waals surface area contributed by atoms with Gasteiger partial charge in [-0.3, -0.25) is 9.59 Å². The van der Waals surface area contributed by atoms with Crippen LogP contribution in [-0.2, 0) is 17.5 Å². The van der Waals surface area contributed by atoms with Crippen LogP contribution in [0.2, 0.25) is 0 Å². The van der Waals surface area contributed by atoms with Crippen LogP contribution in [0.15, 0.2) is 34.4 Å². The Morgan fingerprint density at radius 2 is 2.08 bits per heavy atom. The second-order valence-electron chi connectivity index (χ2n) is 5.46. The Labute approximate surface area is 140 Å². The minimum absolute atomic E-state index is 0.0841. The molecule has 2 rings (SSSR count). The van der Waals surface area contributed by atoms with Crippen molar-refractivity contribution in [1.29, 1.82) is 0 Å². The van der Waals surface area contributed by atoms with Gasteiger partial charge in [-0.05, 0) is 31.5 Å². The van der Waals surface area contributed by atoms with Crippen LogP contribution in [0.1, 0.15) is 36.2 Å². The normalized spacial score (nSPS) is 12.9. The first-order chi connectivity index (χ1) is 11.2. The number of aryl methyl sites for hydroxylation is 1. The number of aromatic nitrogens is 1. The molecule has 4 nitrogen and oxygen atoms in total. The summed E-state index contributed by atoms with van der Waals surface area (Å²) >= 11 is 1.07. The summed E-state index contributed by atoms with van der Waals surface area (Å²) < 4.78 is 39.7. The van der Waals surface area contributed by atoms with E-state index >= 15 is 0 Å². The van der Waals surface area contributed by atoms with Gasteiger partial charge in [-0.2, -0.15) is 13.2 Å². The molecule has 1 amide bonds. The molecule has 24 heavy (non-hydrogen) atoms. The van der Waals surface area contributed by atoms with Gasteiger partial charge in [-0.25, -0.2) is 0 Å². The second kappa shape index (κ2) is 7.21. The van der Waals surface area contributed by atoms with Crippen molar-refractivity contribution in [3.63, 3.8) is 0 Å². The predicted octanol–water partition coefficient (Wildman–Crippen LogP) is 3.50. The summed E-state index contributed by atoms with van der Waals surface area (Å²) in [6.45, 7) is 3.64. The average Bonchev–Trinajstić information content (AvgIpc) is 2.83. The smallest absolute Gasteiger partial charge is 0.350 e. The van der Waals surface area contributed by atoms with E-state index < -0.39 is 17.8 Å². The minimum atomic E-state index is -4.42. The second-order valence-corrected chi connectivity index (χ2v) is 6.28. The fourth-order valence-electron chi connectivity index (χ4n) is 2.27. The van der Waals surface area contributed by atoms with Gasteiger partial charge in [0, 0.05) is 24.0 Å². The largest absolute Gasteiger partial charge is 0.416 e. The fraction of sp³-hybridized carbons (Fsp3) is 0.375. The Bertz CT molecular complexity index is 780. The maximum absolute atomic E-state index is 12.7. The molecule has 8 heteroatoms. The van der Waals surface area contributed by atoms with Crippen LogP contribution in [0.3, 0.4) is 0 Å². The van der Waals surface area contributed by atoms with E-state index in [1.807, 2.05) is 0 Å². The molecule has 0 bridgehead atoms. The number of hydrogen-bond donors (Lipinski definition) is 1. The molecule has 0 aliphatic carbocycles.